The molecule has 0 aromatic heterocycles. The van der Waals surface area contributed by atoms with Crippen LogP contribution in [0, 0.1) is 0 Å². The molecule has 0 bridgehead atoms. The Morgan fingerprint density at radius 2 is 1.00 bits per heavy atom. The van der Waals surface area contributed by atoms with Gasteiger partial charge in [-0.25, -0.2) is 0 Å². The van der Waals surface area contributed by atoms with Crippen LogP contribution in [-0.2, 0) is 15.3 Å². The zero-order valence-electron chi connectivity index (χ0n) is 9.98. The Balaban J connectivity index is 2.09. The van der Waals surface area contributed by atoms with Crippen molar-refractivity contribution in [3.8, 4) is 11.5 Å². The van der Waals surface area contributed by atoms with Crippen LogP contribution < -0.4 is 0 Å². The summed E-state index contributed by atoms with van der Waals surface area (Å²) in [6, 6.07) is 13.2. The summed E-state index contributed by atoms with van der Waals surface area (Å²) in [6.45, 7) is 0. The number of rotatable bonds is 2. The van der Waals surface area contributed by atoms with Crippen LogP contribution in [0.25, 0.3) is 0 Å². The lowest BCUT2D eigenvalue weighted by molar-refractivity contribution is -0.112. The van der Waals surface area contributed by atoms with Gasteiger partial charge in [-0.05, 0) is 48.5 Å². The standard InChI is InChI=1S/C15H12O4/c16-13-5-1-11(2-6-13)15(18-9-10-19-15)12-3-7-14(17)8-4-12/h1-10,16-17H. The van der Waals surface area contributed by atoms with Crippen LogP contribution in [0.2, 0.25) is 0 Å². The molecule has 0 unspecified atom stereocenters. The van der Waals surface area contributed by atoms with E-state index in [1.54, 1.807) is 48.5 Å². The first-order valence-electron chi connectivity index (χ1n) is 5.80. The van der Waals surface area contributed by atoms with Crippen molar-refractivity contribution < 1.29 is 19.7 Å². The van der Waals surface area contributed by atoms with Gasteiger partial charge in [-0.2, -0.15) is 0 Å². The fraction of sp³-hybridized carbons (Fsp3) is 0.0667. The fourth-order valence-corrected chi connectivity index (χ4v) is 2.08. The Hall–Kier alpha value is -2.62. The Bertz CT molecular complexity index is 544. The first kappa shape index (κ1) is 11.5. The van der Waals surface area contributed by atoms with E-state index in [2.05, 4.69) is 0 Å². The minimum Gasteiger partial charge on any atom is -0.508 e. The van der Waals surface area contributed by atoms with Crippen molar-refractivity contribution in [2.24, 2.45) is 0 Å². The molecular weight excluding hydrogens is 244 g/mol. The molecule has 2 aromatic rings. The molecule has 0 radical (unpaired) electrons. The lowest BCUT2D eigenvalue weighted by atomic mass is 9.97. The van der Waals surface area contributed by atoms with E-state index in [0.29, 0.717) is 0 Å². The lowest BCUT2D eigenvalue weighted by Crippen LogP contribution is -2.28. The van der Waals surface area contributed by atoms with Crippen LogP contribution >= 0.6 is 0 Å². The Kier molecular flexibility index (Phi) is 2.56. The predicted octanol–water partition coefficient (Wildman–Crippen LogP) is 2.82. The van der Waals surface area contributed by atoms with Gasteiger partial charge in [0, 0.05) is 11.1 Å². The maximum Gasteiger partial charge on any atom is 0.304 e. The largest absolute Gasteiger partial charge is 0.508 e. The summed E-state index contributed by atoms with van der Waals surface area (Å²) >= 11 is 0. The lowest BCUT2D eigenvalue weighted by Gasteiger charge is -2.28. The highest BCUT2D eigenvalue weighted by Crippen LogP contribution is 2.39. The molecule has 1 heterocycles. The molecule has 0 saturated heterocycles. The van der Waals surface area contributed by atoms with Crippen LogP contribution in [-0.4, -0.2) is 10.2 Å². The molecule has 96 valence electrons. The van der Waals surface area contributed by atoms with Crippen LogP contribution in [0.4, 0.5) is 0 Å². The molecular formula is C15H12O4. The highest BCUT2D eigenvalue weighted by Gasteiger charge is 2.40. The number of hydrogen-bond acceptors (Lipinski definition) is 4. The third-order valence-corrected chi connectivity index (χ3v) is 3.02. The van der Waals surface area contributed by atoms with E-state index in [0.717, 1.165) is 11.1 Å². The van der Waals surface area contributed by atoms with Gasteiger partial charge >= 0.3 is 5.79 Å². The molecule has 0 fully saturated rings. The van der Waals surface area contributed by atoms with Gasteiger partial charge < -0.3 is 19.7 Å². The van der Waals surface area contributed by atoms with Crippen LogP contribution in [0.5, 0.6) is 11.5 Å². The quantitative estimate of drug-likeness (QED) is 0.867. The second kappa shape index (κ2) is 4.24. The van der Waals surface area contributed by atoms with E-state index >= 15 is 0 Å². The van der Waals surface area contributed by atoms with Crippen molar-refractivity contribution in [1.29, 1.82) is 0 Å². The highest BCUT2D eigenvalue weighted by atomic mass is 16.7. The molecule has 3 rings (SSSR count). The average Bonchev–Trinajstić information content (AvgIpc) is 2.91. The van der Waals surface area contributed by atoms with Gasteiger partial charge in [0.05, 0.1) is 0 Å². The maximum absolute atomic E-state index is 9.36. The molecule has 0 aliphatic carbocycles. The zero-order chi connectivity index (χ0) is 13.3. The van der Waals surface area contributed by atoms with Gasteiger partial charge in [-0.1, -0.05) is 0 Å². The van der Waals surface area contributed by atoms with E-state index in [1.165, 1.54) is 12.5 Å². The van der Waals surface area contributed by atoms with E-state index < -0.39 is 5.79 Å². The maximum atomic E-state index is 9.36. The Morgan fingerprint density at radius 3 is 1.37 bits per heavy atom. The summed E-state index contributed by atoms with van der Waals surface area (Å²) in [6.07, 6.45) is 2.94. The summed E-state index contributed by atoms with van der Waals surface area (Å²) in [4.78, 5) is 0. The predicted molar refractivity (Wildman–Crippen MR) is 68.3 cm³/mol. The topological polar surface area (TPSA) is 58.9 Å². The van der Waals surface area contributed by atoms with Gasteiger partial charge in [-0.15, -0.1) is 0 Å². The normalized spacial score (nSPS) is 15.8. The molecule has 19 heavy (non-hydrogen) atoms. The van der Waals surface area contributed by atoms with Crippen LogP contribution in [0.15, 0.2) is 61.1 Å². The third kappa shape index (κ3) is 1.87. The minimum absolute atomic E-state index is 0.176. The van der Waals surface area contributed by atoms with Crippen LogP contribution in [0.3, 0.4) is 0 Å². The second-order valence-electron chi connectivity index (χ2n) is 4.22. The second-order valence-corrected chi connectivity index (χ2v) is 4.22. The molecule has 0 spiro atoms. The van der Waals surface area contributed by atoms with E-state index in [9.17, 15) is 10.2 Å². The van der Waals surface area contributed by atoms with Gasteiger partial charge in [0.15, 0.2) is 0 Å². The smallest absolute Gasteiger partial charge is 0.304 e. The SMILES string of the molecule is Oc1ccc(C2(c3ccc(O)cc3)OC=CO2)cc1. The highest BCUT2D eigenvalue weighted by molar-refractivity contribution is 5.39. The zero-order valence-corrected chi connectivity index (χ0v) is 9.98. The number of aromatic hydroxyl groups is 2. The van der Waals surface area contributed by atoms with Crippen molar-refractivity contribution in [2.45, 2.75) is 5.79 Å². The van der Waals surface area contributed by atoms with Crippen molar-refractivity contribution in [1.82, 2.24) is 0 Å². The summed E-state index contributed by atoms with van der Waals surface area (Å²) in [5.41, 5.74) is 1.50. The van der Waals surface area contributed by atoms with Gasteiger partial charge in [0.25, 0.3) is 0 Å². The van der Waals surface area contributed by atoms with Crippen molar-refractivity contribution in [2.75, 3.05) is 0 Å². The van der Waals surface area contributed by atoms with E-state index in [-0.39, 0.29) is 11.5 Å². The van der Waals surface area contributed by atoms with Crippen LogP contribution in [0.1, 0.15) is 11.1 Å². The molecule has 1 aliphatic rings. The Morgan fingerprint density at radius 1 is 0.632 bits per heavy atom. The fourth-order valence-electron chi connectivity index (χ4n) is 2.08. The molecule has 4 nitrogen and oxygen atoms in total. The van der Waals surface area contributed by atoms with Gasteiger partial charge in [0.1, 0.15) is 24.0 Å². The summed E-state index contributed by atoms with van der Waals surface area (Å²) < 4.78 is 11.3. The molecule has 1 aliphatic heterocycles. The molecule has 0 saturated carbocycles. The van der Waals surface area contributed by atoms with E-state index in [4.69, 9.17) is 9.47 Å². The van der Waals surface area contributed by atoms with Gasteiger partial charge in [0.2, 0.25) is 0 Å². The summed E-state index contributed by atoms with van der Waals surface area (Å²) in [7, 11) is 0. The molecule has 0 amide bonds. The van der Waals surface area contributed by atoms with Crippen molar-refractivity contribution >= 4 is 0 Å². The first-order chi connectivity index (χ1) is 9.21. The van der Waals surface area contributed by atoms with Gasteiger partial charge in [-0.3, -0.25) is 0 Å². The first-order valence-corrected chi connectivity index (χ1v) is 5.80. The van der Waals surface area contributed by atoms with E-state index in [1.807, 2.05) is 0 Å². The summed E-state index contributed by atoms with van der Waals surface area (Å²) in [5.74, 6) is -0.715. The average molecular weight is 256 g/mol. The monoisotopic (exact) mass is 256 g/mol. The molecule has 2 aromatic carbocycles. The number of phenols is 2. The number of hydrogen-bond donors (Lipinski definition) is 2. The molecule has 4 heteroatoms. The van der Waals surface area contributed by atoms with Crippen molar-refractivity contribution in [3.05, 3.63) is 72.2 Å². The van der Waals surface area contributed by atoms with Crippen molar-refractivity contribution in [3.63, 3.8) is 0 Å². The third-order valence-electron chi connectivity index (χ3n) is 3.02. The minimum atomic E-state index is -1.07. The number of benzene rings is 2. The number of phenolic OH excluding ortho intramolecular Hbond substituents is 2. The number of ether oxygens (including phenoxy) is 2. The Labute approximate surface area is 110 Å². The summed E-state index contributed by atoms with van der Waals surface area (Å²) in [5, 5.41) is 18.7. The molecule has 0 atom stereocenters. The molecule has 2 N–H and O–H groups in total.